The number of ether oxygens (including phenoxy) is 2. The van der Waals surface area contributed by atoms with Gasteiger partial charge in [-0.25, -0.2) is 4.79 Å². The Morgan fingerprint density at radius 3 is 2.37 bits per heavy atom. The highest BCUT2D eigenvalue weighted by Gasteiger charge is 2.08. The van der Waals surface area contributed by atoms with Crippen LogP contribution in [0.1, 0.15) is 27.0 Å². The van der Waals surface area contributed by atoms with Crippen molar-refractivity contribution in [3.8, 4) is 11.5 Å². The van der Waals surface area contributed by atoms with Crippen LogP contribution in [0.15, 0.2) is 72.8 Å². The predicted molar refractivity (Wildman–Crippen MR) is 118 cm³/mol. The van der Waals surface area contributed by atoms with Gasteiger partial charge in [0.1, 0.15) is 11.5 Å². The fourth-order valence-electron chi connectivity index (χ4n) is 2.83. The predicted octanol–water partition coefficient (Wildman–Crippen LogP) is 5.84. The molecular formula is C25H21ClO4. The summed E-state index contributed by atoms with van der Waals surface area (Å²) < 4.78 is 10.8. The summed E-state index contributed by atoms with van der Waals surface area (Å²) in [5, 5.41) is 0.608. The van der Waals surface area contributed by atoms with Crippen LogP contribution in [-0.2, 0) is 4.79 Å². The van der Waals surface area contributed by atoms with E-state index in [0.29, 0.717) is 22.1 Å². The molecule has 0 aliphatic rings. The van der Waals surface area contributed by atoms with Gasteiger partial charge in [-0.15, -0.1) is 0 Å². The minimum atomic E-state index is -0.512. The molecule has 0 fully saturated rings. The Kier molecular flexibility index (Phi) is 7.04. The molecule has 0 bridgehead atoms. The molecule has 0 spiro atoms. The quantitative estimate of drug-likeness (QED) is 0.208. The second-order valence-electron chi connectivity index (χ2n) is 6.75. The molecule has 0 amide bonds. The van der Waals surface area contributed by atoms with E-state index in [9.17, 15) is 9.59 Å². The van der Waals surface area contributed by atoms with Crippen LogP contribution in [0.25, 0.3) is 6.08 Å². The molecule has 5 heteroatoms. The topological polar surface area (TPSA) is 52.6 Å². The van der Waals surface area contributed by atoms with E-state index in [1.807, 2.05) is 32.0 Å². The van der Waals surface area contributed by atoms with Crippen LogP contribution >= 0.6 is 11.6 Å². The maximum absolute atomic E-state index is 12.3. The number of aryl methyl sites for hydroxylation is 2. The fourth-order valence-corrected chi connectivity index (χ4v) is 3.06. The van der Waals surface area contributed by atoms with Crippen molar-refractivity contribution in [3.05, 3.63) is 100 Å². The number of benzene rings is 3. The van der Waals surface area contributed by atoms with Crippen LogP contribution < -0.4 is 9.47 Å². The van der Waals surface area contributed by atoms with Gasteiger partial charge < -0.3 is 9.47 Å². The summed E-state index contributed by atoms with van der Waals surface area (Å²) in [5.41, 5.74) is 3.28. The number of hydrogen-bond donors (Lipinski definition) is 0. The number of allylic oxidation sites excluding steroid dienone is 1. The van der Waals surface area contributed by atoms with Gasteiger partial charge in [0.15, 0.2) is 12.4 Å². The van der Waals surface area contributed by atoms with Gasteiger partial charge in [0.25, 0.3) is 0 Å². The van der Waals surface area contributed by atoms with Crippen molar-refractivity contribution < 1.29 is 19.1 Å². The Balaban J connectivity index is 1.54. The van der Waals surface area contributed by atoms with Crippen LogP contribution in [0, 0.1) is 13.8 Å². The molecule has 0 radical (unpaired) electrons. The summed E-state index contributed by atoms with van der Waals surface area (Å²) in [6.45, 7) is 3.54. The van der Waals surface area contributed by atoms with Crippen molar-refractivity contribution in [1.29, 1.82) is 0 Å². The molecule has 3 aromatic rings. The number of esters is 1. The zero-order valence-corrected chi connectivity index (χ0v) is 17.5. The molecule has 4 nitrogen and oxygen atoms in total. The number of rotatable bonds is 7. The second kappa shape index (κ2) is 9.90. The number of carbonyl (C=O) groups excluding carboxylic acids is 2. The molecule has 3 rings (SSSR count). The van der Waals surface area contributed by atoms with E-state index < -0.39 is 5.97 Å². The lowest BCUT2D eigenvalue weighted by atomic mass is 10.0. The highest BCUT2D eigenvalue weighted by Crippen LogP contribution is 2.22. The van der Waals surface area contributed by atoms with E-state index in [1.54, 1.807) is 54.6 Å². The van der Waals surface area contributed by atoms with Crippen molar-refractivity contribution >= 4 is 29.4 Å². The number of carbonyl (C=O) groups is 2. The Labute approximate surface area is 180 Å². The van der Waals surface area contributed by atoms with Gasteiger partial charge in [0, 0.05) is 10.6 Å². The molecule has 3 aromatic carbocycles. The van der Waals surface area contributed by atoms with Gasteiger partial charge in [0.05, 0.1) is 0 Å². The monoisotopic (exact) mass is 420 g/mol. The second-order valence-corrected chi connectivity index (χ2v) is 7.19. The minimum absolute atomic E-state index is 0.0572. The normalized spacial score (nSPS) is 10.8. The van der Waals surface area contributed by atoms with Gasteiger partial charge in [-0.3, -0.25) is 4.79 Å². The highest BCUT2D eigenvalue weighted by atomic mass is 35.5. The molecule has 152 valence electrons. The van der Waals surface area contributed by atoms with Gasteiger partial charge in [-0.1, -0.05) is 54.1 Å². The third-order valence-corrected chi connectivity index (χ3v) is 4.67. The van der Waals surface area contributed by atoms with Crippen LogP contribution in [0.5, 0.6) is 11.5 Å². The molecule has 0 heterocycles. The maximum Gasteiger partial charge on any atom is 0.349 e. The van der Waals surface area contributed by atoms with Crippen LogP contribution in [0.2, 0.25) is 5.02 Å². The first kappa shape index (κ1) is 21.3. The Hall–Kier alpha value is -3.37. The lowest BCUT2D eigenvalue weighted by molar-refractivity contribution is -0.136. The van der Waals surface area contributed by atoms with Crippen molar-refractivity contribution in [2.45, 2.75) is 13.8 Å². The smallest absolute Gasteiger partial charge is 0.349 e. The average Bonchev–Trinajstić information content (AvgIpc) is 2.73. The number of ketones is 1. The van der Waals surface area contributed by atoms with Gasteiger partial charge in [-0.05, 0) is 66.9 Å². The maximum atomic E-state index is 12.3. The SMILES string of the molecule is Cc1cc(Cl)ccc1OCC(=O)Oc1ccc(C=CC(=O)c2ccccc2C)cc1. The first-order chi connectivity index (χ1) is 14.4. The Bertz CT molecular complexity index is 1080. The number of hydrogen-bond acceptors (Lipinski definition) is 4. The first-order valence-corrected chi connectivity index (χ1v) is 9.78. The Morgan fingerprint density at radius 1 is 0.933 bits per heavy atom. The van der Waals surface area contributed by atoms with Crippen LogP contribution in [0.3, 0.4) is 0 Å². The molecule has 0 atom stereocenters. The van der Waals surface area contributed by atoms with Crippen molar-refractivity contribution in [2.24, 2.45) is 0 Å². The summed E-state index contributed by atoms with van der Waals surface area (Å²) in [4.78, 5) is 24.3. The minimum Gasteiger partial charge on any atom is -0.482 e. The van der Waals surface area contributed by atoms with Gasteiger partial charge in [-0.2, -0.15) is 0 Å². The van der Waals surface area contributed by atoms with E-state index in [1.165, 1.54) is 6.08 Å². The summed E-state index contributed by atoms with van der Waals surface area (Å²) in [6, 6.07) is 19.5. The van der Waals surface area contributed by atoms with E-state index >= 15 is 0 Å². The molecule has 30 heavy (non-hydrogen) atoms. The lowest BCUT2D eigenvalue weighted by Crippen LogP contribution is -2.18. The van der Waals surface area contributed by atoms with Crippen molar-refractivity contribution in [3.63, 3.8) is 0 Å². The molecular weight excluding hydrogens is 400 g/mol. The Morgan fingerprint density at radius 2 is 1.67 bits per heavy atom. The zero-order chi connectivity index (χ0) is 21.5. The molecule has 0 saturated heterocycles. The summed E-state index contributed by atoms with van der Waals surface area (Å²) in [6.07, 6.45) is 3.26. The average molecular weight is 421 g/mol. The first-order valence-electron chi connectivity index (χ1n) is 9.40. The van der Waals surface area contributed by atoms with Crippen molar-refractivity contribution in [1.82, 2.24) is 0 Å². The molecule has 0 unspecified atom stereocenters. The summed E-state index contributed by atoms with van der Waals surface area (Å²) in [5.74, 6) is 0.412. The molecule has 0 aromatic heterocycles. The fraction of sp³-hybridized carbons (Fsp3) is 0.120. The van der Waals surface area contributed by atoms with Crippen LogP contribution in [-0.4, -0.2) is 18.4 Å². The standard InChI is InChI=1S/C25H21ClO4/c1-17-5-3-4-6-22(17)23(27)13-9-19-7-11-21(12-8-19)30-25(28)16-29-24-14-10-20(26)15-18(24)2/h3-15H,16H2,1-2H3. The highest BCUT2D eigenvalue weighted by molar-refractivity contribution is 6.30. The van der Waals surface area contributed by atoms with Crippen LogP contribution in [0.4, 0.5) is 0 Å². The summed E-state index contributed by atoms with van der Waals surface area (Å²) in [7, 11) is 0. The molecule has 0 saturated carbocycles. The third kappa shape index (κ3) is 5.82. The lowest BCUT2D eigenvalue weighted by Gasteiger charge is -2.09. The van der Waals surface area contributed by atoms with E-state index in [2.05, 4.69) is 0 Å². The molecule has 0 N–H and O–H groups in total. The van der Waals surface area contributed by atoms with Gasteiger partial charge >= 0.3 is 5.97 Å². The van der Waals surface area contributed by atoms with Crippen molar-refractivity contribution in [2.75, 3.05) is 6.61 Å². The van der Waals surface area contributed by atoms with E-state index in [0.717, 1.165) is 16.7 Å². The number of halogens is 1. The summed E-state index contributed by atoms with van der Waals surface area (Å²) >= 11 is 5.91. The third-order valence-electron chi connectivity index (χ3n) is 4.43. The molecule has 0 aliphatic heterocycles. The van der Waals surface area contributed by atoms with Gasteiger partial charge in [0.2, 0.25) is 0 Å². The molecule has 0 aliphatic carbocycles. The zero-order valence-electron chi connectivity index (χ0n) is 16.7. The largest absolute Gasteiger partial charge is 0.482 e. The van der Waals surface area contributed by atoms with E-state index in [-0.39, 0.29) is 12.4 Å². The van der Waals surface area contributed by atoms with E-state index in [4.69, 9.17) is 21.1 Å².